The molecule has 0 bridgehead atoms. The SMILES string of the molecule is COc1ccccc1N1CCNCC1.c1ccc(N2CCNCC2)cc1. The van der Waals surface area contributed by atoms with Crippen molar-refractivity contribution in [2.24, 2.45) is 0 Å². The van der Waals surface area contributed by atoms with Crippen LogP contribution in [0.25, 0.3) is 0 Å². The smallest absolute Gasteiger partial charge is 0.142 e. The Labute approximate surface area is 157 Å². The van der Waals surface area contributed by atoms with Crippen LogP contribution in [0.2, 0.25) is 0 Å². The first-order valence-corrected chi connectivity index (χ1v) is 9.48. The highest BCUT2D eigenvalue weighted by molar-refractivity contribution is 5.58. The standard InChI is InChI=1S/C11H16N2O.C10H14N2/c1-14-11-5-3-2-4-10(11)13-8-6-12-7-9-13;1-2-4-10(5-3-1)12-8-6-11-7-9-12/h2-5,12H,6-9H2,1H3;1-5,11H,6-9H2. The predicted molar refractivity (Wildman–Crippen MR) is 110 cm³/mol. The number of ether oxygens (including phenoxy) is 1. The van der Waals surface area contributed by atoms with Crippen molar-refractivity contribution in [1.29, 1.82) is 0 Å². The van der Waals surface area contributed by atoms with Gasteiger partial charge in [0.1, 0.15) is 5.75 Å². The molecule has 2 aromatic carbocycles. The number of nitrogens with zero attached hydrogens (tertiary/aromatic N) is 2. The van der Waals surface area contributed by atoms with Crippen LogP contribution < -0.4 is 25.2 Å². The van der Waals surface area contributed by atoms with Gasteiger partial charge in [-0.2, -0.15) is 0 Å². The molecule has 0 saturated carbocycles. The number of benzene rings is 2. The monoisotopic (exact) mass is 354 g/mol. The zero-order valence-corrected chi connectivity index (χ0v) is 15.7. The topological polar surface area (TPSA) is 39.8 Å². The molecule has 26 heavy (non-hydrogen) atoms. The fourth-order valence-corrected chi connectivity index (χ4v) is 3.36. The van der Waals surface area contributed by atoms with E-state index in [2.05, 4.69) is 62.9 Å². The molecule has 5 heteroatoms. The van der Waals surface area contributed by atoms with E-state index in [1.165, 1.54) is 11.4 Å². The summed E-state index contributed by atoms with van der Waals surface area (Å²) in [5, 5.41) is 6.68. The molecule has 2 aliphatic rings. The molecular formula is C21H30N4O. The Balaban J connectivity index is 0.000000152. The number of hydrogen-bond donors (Lipinski definition) is 2. The van der Waals surface area contributed by atoms with Crippen molar-refractivity contribution in [3.63, 3.8) is 0 Å². The fraction of sp³-hybridized carbons (Fsp3) is 0.429. The maximum Gasteiger partial charge on any atom is 0.142 e. The van der Waals surface area contributed by atoms with E-state index in [1.807, 2.05) is 12.1 Å². The van der Waals surface area contributed by atoms with Gasteiger partial charge in [0, 0.05) is 58.0 Å². The lowest BCUT2D eigenvalue weighted by Crippen LogP contribution is -2.43. The van der Waals surface area contributed by atoms with E-state index in [0.29, 0.717) is 0 Å². The lowest BCUT2D eigenvalue weighted by atomic mass is 10.2. The maximum absolute atomic E-state index is 5.34. The molecule has 2 aromatic rings. The van der Waals surface area contributed by atoms with E-state index in [0.717, 1.165) is 58.1 Å². The van der Waals surface area contributed by atoms with E-state index in [9.17, 15) is 0 Å². The summed E-state index contributed by atoms with van der Waals surface area (Å²) in [7, 11) is 1.72. The molecule has 2 fully saturated rings. The first-order valence-electron chi connectivity index (χ1n) is 9.48. The second-order valence-corrected chi connectivity index (χ2v) is 6.48. The van der Waals surface area contributed by atoms with Crippen LogP contribution in [0.1, 0.15) is 0 Å². The summed E-state index contributed by atoms with van der Waals surface area (Å²) in [4.78, 5) is 4.77. The molecular weight excluding hydrogens is 324 g/mol. The van der Waals surface area contributed by atoms with Crippen molar-refractivity contribution in [2.45, 2.75) is 0 Å². The fourth-order valence-electron chi connectivity index (χ4n) is 3.36. The van der Waals surface area contributed by atoms with Crippen LogP contribution in [-0.4, -0.2) is 59.5 Å². The van der Waals surface area contributed by atoms with Crippen LogP contribution in [-0.2, 0) is 0 Å². The Morgan fingerprint density at radius 1 is 0.692 bits per heavy atom. The van der Waals surface area contributed by atoms with Gasteiger partial charge < -0.3 is 25.2 Å². The zero-order chi connectivity index (χ0) is 18.0. The second-order valence-electron chi connectivity index (χ2n) is 6.48. The number of rotatable bonds is 3. The third-order valence-corrected chi connectivity index (χ3v) is 4.78. The molecule has 0 aromatic heterocycles. The number of para-hydroxylation sites is 3. The van der Waals surface area contributed by atoms with Gasteiger partial charge in [-0.3, -0.25) is 0 Å². The molecule has 0 radical (unpaired) electrons. The van der Waals surface area contributed by atoms with Gasteiger partial charge in [-0.15, -0.1) is 0 Å². The van der Waals surface area contributed by atoms with Gasteiger partial charge >= 0.3 is 0 Å². The van der Waals surface area contributed by atoms with Crippen LogP contribution in [0.15, 0.2) is 54.6 Å². The van der Waals surface area contributed by atoms with Crippen molar-refractivity contribution >= 4 is 11.4 Å². The van der Waals surface area contributed by atoms with E-state index >= 15 is 0 Å². The second kappa shape index (κ2) is 10.0. The van der Waals surface area contributed by atoms with E-state index in [1.54, 1.807) is 7.11 Å². The summed E-state index contributed by atoms with van der Waals surface area (Å²) in [5.74, 6) is 0.967. The van der Waals surface area contributed by atoms with Crippen molar-refractivity contribution in [3.05, 3.63) is 54.6 Å². The number of methoxy groups -OCH3 is 1. The summed E-state index contributed by atoms with van der Waals surface area (Å²) >= 11 is 0. The highest BCUT2D eigenvalue weighted by Crippen LogP contribution is 2.27. The number of nitrogens with one attached hydrogen (secondary N) is 2. The third kappa shape index (κ3) is 5.13. The average Bonchev–Trinajstić information content (AvgIpc) is 2.76. The first-order chi connectivity index (χ1) is 12.9. The minimum absolute atomic E-state index is 0.967. The van der Waals surface area contributed by atoms with Gasteiger partial charge in [-0.05, 0) is 24.3 Å². The molecule has 0 amide bonds. The van der Waals surface area contributed by atoms with Gasteiger partial charge in [0.2, 0.25) is 0 Å². The maximum atomic E-state index is 5.34. The van der Waals surface area contributed by atoms with Gasteiger partial charge in [0.15, 0.2) is 0 Å². The van der Waals surface area contributed by atoms with Crippen LogP contribution in [0.3, 0.4) is 0 Å². The Kier molecular flexibility index (Phi) is 7.16. The molecule has 0 atom stereocenters. The average molecular weight is 354 g/mol. The Bertz CT molecular complexity index is 637. The van der Waals surface area contributed by atoms with Crippen LogP contribution in [0.5, 0.6) is 5.75 Å². The molecule has 0 spiro atoms. The van der Waals surface area contributed by atoms with Gasteiger partial charge in [0.05, 0.1) is 12.8 Å². The van der Waals surface area contributed by atoms with Crippen LogP contribution in [0, 0.1) is 0 Å². The molecule has 0 aliphatic carbocycles. The van der Waals surface area contributed by atoms with Crippen molar-refractivity contribution in [1.82, 2.24) is 10.6 Å². The number of piperazine rings is 2. The minimum Gasteiger partial charge on any atom is -0.495 e. The summed E-state index contributed by atoms with van der Waals surface area (Å²) in [5.41, 5.74) is 2.55. The Morgan fingerprint density at radius 3 is 1.85 bits per heavy atom. The molecule has 4 rings (SSSR count). The highest BCUT2D eigenvalue weighted by atomic mass is 16.5. The number of hydrogen-bond acceptors (Lipinski definition) is 5. The molecule has 2 heterocycles. The third-order valence-electron chi connectivity index (χ3n) is 4.78. The highest BCUT2D eigenvalue weighted by Gasteiger charge is 2.13. The summed E-state index contributed by atoms with van der Waals surface area (Å²) < 4.78 is 5.34. The van der Waals surface area contributed by atoms with Crippen molar-refractivity contribution in [2.75, 3.05) is 69.3 Å². The lowest BCUT2D eigenvalue weighted by molar-refractivity contribution is 0.413. The molecule has 2 N–H and O–H groups in total. The molecule has 140 valence electrons. The molecule has 2 aliphatic heterocycles. The summed E-state index contributed by atoms with van der Waals surface area (Å²) in [6.07, 6.45) is 0. The van der Waals surface area contributed by atoms with E-state index < -0.39 is 0 Å². The van der Waals surface area contributed by atoms with E-state index in [-0.39, 0.29) is 0 Å². The van der Waals surface area contributed by atoms with E-state index in [4.69, 9.17) is 4.74 Å². The Hall–Kier alpha value is -2.24. The first kappa shape index (κ1) is 18.5. The molecule has 5 nitrogen and oxygen atoms in total. The predicted octanol–water partition coefficient (Wildman–Crippen LogP) is 2.20. The zero-order valence-electron chi connectivity index (χ0n) is 15.7. The van der Waals surface area contributed by atoms with Gasteiger partial charge in [-0.25, -0.2) is 0 Å². The van der Waals surface area contributed by atoms with Crippen LogP contribution >= 0.6 is 0 Å². The quantitative estimate of drug-likeness (QED) is 0.884. The van der Waals surface area contributed by atoms with Crippen molar-refractivity contribution < 1.29 is 4.74 Å². The largest absolute Gasteiger partial charge is 0.495 e. The normalized spacial score (nSPS) is 17.3. The van der Waals surface area contributed by atoms with Gasteiger partial charge in [0.25, 0.3) is 0 Å². The minimum atomic E-state index is 0.967. The number of anilines is 2. The summed E-state index contributed by atoms with van der Waals surface area (Å²) in [6.45, 7) is 8.69. The van der Waals surface area contributed by atoms with Crippen molar-refractivity contribution in [3.8, 4) is 5.75 Å². The lowest BCUT2D eigenvalue weighted by Gasteiger charge is -2.30. The Morgan fingerprint density at radius 2 is 1.23 bits per heavy atom. The molecule has 2 saturated heterocycles. The molecule has 0 unspecified atom stereocenters. The summed E-state index contributed by atoms with van der Waals surface area (Å²) in [6, 6.07) is 18.8. The van der Waals surface area contributed by atoms with Gasteiger partial charge in [-0.1, -0.05) is 30.3 Å². The van der Waals surface area contributed by atoms with Crippen LogP contribution in [0.4, 0.5) is 11.4 Å².